The van der Waals surface area contributed by atoms with Crippen molar-refractivity contribution in [2.24, 2.45) is 4.99 Å². The van der Waals surface area contributed by atoms with Gasteiger partial charge in [-0.2, -0.15) is 4.37 Å². The van der Waals surface area contributed by atoms with E-state index in [4.69, 9.17) is 21.0 Å². The number of aliphatic imine (C=N–C) groups is 1. The lowest BCUT2D eigenvalue weighted by Crippen LogP contribution is -2.54. The Bertz CT molecular complexity index is 1190. The smallest absolute Gasteiger partial charge is 0.246 e. The molecule has 1 N–H and O–H groups in total. The van der Waals surface area contributed by atoms with Gasteiger partial charge in [-0.05, 0) is 62.2 Å². The van der Waals surface area contributed by atoms with Gasteiger partial charge in [-0.25, -0.2) is 4.99 Å². The number of carbonyl (C=O) groups is 1. The first kappa shape index (κ1) is 25.2. The van der Waals surface area contributed by atoms with Gasteiger partial charge < -0.3 is 10.2 Å². The quantitative estimate of drug-likeness (QED) is 0.532. The number of carbonyl (C=O) groups excluding carboxylic acids is 1. The number of halogens is 1. The van der Waals surface area contributed by atoms with Crippen LogP contribution < -0.4 is 5.32 Å². The SMILES string of the molecule is C=CC(=O)N1CCN([C@H]2CCC[C@@H](N/C3=N/C=C(Cl)\C(c4nsc5ccccc45)=C/CCC3)C2)CC1. The Labute approximate surface area is 222 Å². The summed E-state index contributed by atoms with van der Waals surface area (Å²) in [5, 5.41) is 5.55. The third-order valence-corrected chi connectivity index (χ3v) is 8.65. The number of amides is 1. The molecule has 0 bridgehead atoms. The number of benzene rings is 1. The molecular weight excluding hydrogens is 490 g/mol. The van der Waals surface area contributed by atoms with Gasteiger partial charge in [0, 0.05) is 61.8 Å². The van der Waals surface area contributed by atoms with Crippen LogP contribution in [-0.4, -0.2) is 64.2 Å². The average Bonchev–Trinajstić information content (AvgIpc) is 3.37. The zero-order valence-corrected chi connectivity index (χ0v) is 22.2. The molecule has 1 aliphatic carbocycles. The second-order valence-corrected chi connectivity index (χ2v) is 11.0. The Morgan fingerprint density at radius 2 is 2.00 bits per heavy atom. The van der Waals surface area contributed by atoms with Crippen molar-refractivity contribution >= 4 is 50.5 Å². The van der Waals surface area contributed by atoms with Crippen molar-refractivity contribution in [3.63, 3.8) is 0 Å². The highest BCUT2D eigenvalue weighted by Gasteiger charge is 2.30. The first-order valence-electron chi connectivity index (χ1n) is 13.0. The third-order valence-electron chi connectivity index (χ3n) is 7.52. The summed E-state index contributed by atoms with van der Waals surface area (Å²) >= 11 is 8.30. The molecule has 6 nitrogen and oxygen atoms in total. The number of allylic oxidation sites excluding steroid dienone is 3. The lowest BCUT2D eigenvalue weighted by atomic mass is 9.89. The van der Waals surface area contributed by atoms with E-state index in [1.807, 2.05) is 17.0 Å². The van der Waals surface area contributed by atoms with Crippen molar-refractivity contribution in [1.29, 1.82) is 0 Å². The van der Waals surface area contributed by atoms with Crippen LogP contribution in [0.5, 0.6) is 0 Å². The Hall–Kier alpha value is -2.48. The Morgan fingerprint density at radius 1 is 1.17 bits per heavy atom. The highest BCUT2D eigenvalue weighted by molar-refractivity contribution is 7.13. The maximum absolute atomic E-state index is 11.9. The predicted octanol–water partition coefficient (Wildman–Crippen LogP) is 5.57. The summed E-state index contributed by atoms with van der Waals surface area (Å²) in [4.78, 5) is 21.2. The monoisotopic (exact) mass is 523 g/mol. The van der Waals surface area contributed by atoms with E-state index in [9.17, 15) is 4.79 Å². The molecule has 1 aromatic heterocycles. The van der Waals surface area contributed by atoms with Gasteiger partial charge in [-0.1, -0.05) is 42.5 Å². The number of fused-ring (bicyclic) bond motifs is 1. The molecular formula is C28H34ClN5OS. The van der Waals surface area contributed by atoms with Crippen LogP contribution in [0.25, 0.3) is 15.7 Å². The number of nitrogens with one attached hydrogen (secondary N) is 1. The van der Waals surface area contributed by atoms with Gasteiger partial charge in [0.1, 0.15) is 5.84 Å². The molecule has 1 amide bonds. The van der Waals surface area contributed by atoms with Gasteiger partial charge in [-0.3, -0.25) is 9.69 Å². The van der Waals surface area contributed by atoms with Crippen molar-refractivity contribution in [2.45, 2.75) is 57.0 Å². The van der Waals surface area contributed by atoms with Crippen LogP contribution >= 0.6 is 23.1 Å². The lowest BCUT2D eigenvalue weighted by Gasteiger charge is -2.42. The molecule has 0 radical (unpaired) electrons. The maximum atomic E-state index is 11.9. The van der Waals surface area contributed by atoms with Crippen molar-refractivity contribution in [2.75, 3.05) is 26.2 Å². The van der Waals surface area contributed by atoms with Crippen molar-refractivity contribution in [1.82, 2.24) is 19.5 Å². The fourth-order valence-corrected chi connectivity index (χ4v) is 6.58. The number of hydrogen-bond donors (Lipinski definition) is 1. The van der Waals surface area contributed by atoms with Crippen LogP contribution in [-0.2, 0) is 4.79 Å². The van der Waals surface area contributed by atoms with E-state index < -0.39 is 0 Å². The van der Waals surface area contributed by atoms with E-state index in [0.29, 0.717) is 17.1 Å². The minimum atomic E-state index is 0.0448. The lowest BCUT2D eigenvalue weighted by molar-refractivity contribution is -0.128. The third kappa shape index (κ3) is 5.74. The largest absolute Gasteiger partial charge is 0.371 e. The maximum Gasteiger partial charge on any atom is 0.246 e. The van der Waals surface area contributed by atoms with Gasteiger partial charge in [0.25, 0.3) is 0 Å². The Balaban J connectivity index is 1.23. The number of nitrogens with zero attached hydrogens (tertiary/aromatic N) is 4. The zero-order chi connectivity index (χ0) is 24.9. The molecule has 5 rings (SSSR count). The minimum Gasteiger partial charge on any atom is -0.371 e. The fourth-order valence-electron chi connectivity index (χ4n) is 5.58. The van der Waals surface area contributed by atoms with E-state index in [0.717, 1.165) is 80.8 Å². The molecule has 8 heteroatoms. The van der Waals surface area contributed by atoms with Gasteiger partial charge >= 0.3 is 0 Å². The summed E-state index contributed by atoms with van der Waals surface area (Å²) in [6.07, 6.45) is 13.0. The van der Waals surface area contributed by atoms with E-state index in [1.54, 1.807) is 6.20 Å². The standard InChI is InChI=1S/C28H34ClN5OS/c1-2-27(35)34-16-14-33(15-17-34)21-9-7-8-20(18-21)31-26-13-6-4-10-22(24(29)19-30-26)28-23-11-3-5-12-25(23)36-32-28/h2-3,5,10-12,19-21H,1,4,6-9,13-18H2,(H,30,31)/b22-10+,24-19+/t20-,21+/m1/s1. The fraction of sp³-hybridized carbons (Fsp3) is 0.464. The van der Waals surface area contributed by atoms with Crippen molar-refractivity contribution in [3.8, 4) is 0 Å². The van der Waals surface area contributed by atoms with Crippen LogP contribution in [0.15, 0.2) is 59.2 Å². The minimum absolute atomic E-state index is 0.0448. The van der Waals surface area contributed by atoms with E-state index in [2.05, 4.69) is 35.0 Å². The molecule has 0 unspecified atom stereocenters. The van der Waals surface area contributed by atoms with Gasteiger partial charge in [0.05, 0.1) is 15.4 Å². The van der Waals surface area contributed by atoms with Crippen LogP contribution in [0.3, 0.4) is 0 Å². The summed E-state index contributed by atoms with van der Waals surface area (Å²) in [5.41, 5.74) is 1.93. The Morgan fingerprint density at radius 3 is 2.83 bits per heavy atom. The molecule has 36 heavy (non-hydrogen) atoms. The summed E-state index contributed by atoms with van der Waals surface area (Å²) in [6.45, 7) is 7.08. The first-order valence-corrected chi connectivity index (χ1v) is 14.2. The second kappa shape index (κ2) is 11.7. The molecule has 1 saturated carbocycles. The van der Waals surface area contributed by atoms with E-state index in [1.165, 1.54) is 35.2 Å². The molecule has 1 saturated heterocycles. The second-order valence-electron chi connectivity index (χ2n) is 9.82. The summed E-state index contributed by atoms with van der Waals surface area (Å²) in [5.74, 6) is 1.07. The summed E-state index contributed by atoms with van der Waals surface area (Å²) in [7, 11) is 0. The normalized spacial score (nSPS) is 28.5. The molecule has 190 valence electrons. The Kier molecular flexibility index (Phi) is 8.19. The number of rotatable bonds is 4. The molecule has 2 aromatic rings. The molecule has 1 aromatic carbocycles. The highest BCUT2D eigenvalue weighted by Crippen LogP contribution is 2.34. The average molecular weight is 524 g/mol. The van der Waals surface area contributed by atoms with Gasteiger partial charge in [0.2, 0.25) is 5.91 Å². The predicted molar refractivity (Wildman–Crippen MR) is 150 cm³/mol. The van der Waals surface area contributed by atoms with Crippen molar-refractivity contribution < 1.29 is 4.79 Å². The summed E-state index contributed by atoms with van der Waals surface area (Å²) in [6, 6.07) is 9.27. The van der Waals surface area contributed by atoms with E-state index >= 15 is 0 Å². The molecule has 2 fully saturated rings. The van der Waals surface area contributed by atoms with Gasteiger partial charge in [0.15, 0.2) is 0 Å². The molecule has 2 atom stereocenters. The number of amidine groups is 1. The highest BCUT2D eigenvalue weighted by atomic mass is 35.5. The molecule has 3 aliphatic rings. The van der Waals surface area contributed by atoms with Gasteiger partial charge in [-0.15, -0.1) is 0 Å². The first-order chi connectivity index (χ1) is 17.6. The zero-order valence-electron chi connectivity index (χ0n) is 20.7. The van der Waals surface area contributed by atoms with Crippen LogP contribution in [0, 0.1) is 0 Å². The van der Waals surface area contributed by atoms with E-state index in [-0.39, 0.29) is 5.91 Å². The number of piperazine rings is 1. The van der Waals surface area contributed by atoms with Crippen LogP contribution in [0.4, 0.5) is 0 Å². The summed E-state index contributed by atoms with van der Waals surface area (Å²) < 4.78 is 5.88. The number of aromatic nitrogens is 1. The van der Waals surface area contributed by atoms with Crippen LogP contribution in [0.1, 0.15) is 50.6 Å². The molecule has 3 heterocycles. The number of hydrogen-bond acceptors (Lipinski definition) is 6. The molecule has 2 aliphatic heterocycles. The van der Waals surface area contributed by atoms with Crippen LogP contribution in [0.2, 0.25) is 0 Å². The topological polar surface area (TPSA) is 60.8 Å². The van der Waals surface area contributed by atoms with Crippen molar-refractivity contribution in [3.05, 3.63) is 59.9 Å². The molecule has 0 spiro atoms.